The number of phenolic OH excluding ortho intramolecular Hbond substituents is 1. The van der Waals surface area contributed by atoms with Crippen LogP contribution in [-0.4, -0.2) is 293 Å². The molecule has 3 saturated heterocycles. The Labute approximate surface area is 586 Å². The molecule has 3 aliphatic heterocycles. The number of aromatic hydroxyl groups is 1. The Balaban J connectivity index is 1.17. The molecule has 4 aromatic rings. The Hall–Kier alpha value is -7.38. The minimum absolute atomic E-state index is 0.0264. The van der Waals surface area contributed by atoms with Gasteiger partial charge in [0.2, 0.25) is 35.4 Å². The van der Waals surface area contributed by atoms with Gasteiger partial charge in [-0.25, -0.2) is 0 Å². The van der Waals surface area contributed by atoms with Gasteiger partial charge in [-0.2, -0.15) is 0 Å². The molecule has 0 spiro atoms. The fourth-order valence-corrected chi connectivity index (χ4v) is 13.0. The Morgan fingerprint density at radius 1 is 0.703 bits per heavy atom. The molecule has 7 amide bonds. The first-order valence-electron chi connectivity index (χ1n) is 32.8. The number of hydrogen-bond donors (Lipinski definition) is 21. The van der Waals surface area contributed by atoms with Gasteiger partial charge in [0.25, 0.3) is 17.1 Å². The summed E-state index contributed by atoms with van der Waals surface area (Å²) in [5, 5.41) is 154. The summed E-state index contributed by atoms with van der Waals surface area (Å²) >= 11 is -3.51. The van der Waals surface area contributed by atoms with Gasteiger partial charge in [0.05, 0.1) is 55.9 Å². The molecule has 0 bridgehead atoms. The molecule has 0 radical (unpaired) electrons. The minimum atomic E-state index is -4.78. The summed E-state index contributed by atoms with van der Waals surface area (Å²) in [7, 11) is 1.69. The molecule has 3 aliphatic rings. The maximum atomic E-state index is 15.1. The van der Waals surface area contributed by atoms with Crippen LogP contribution in [-0.2, 0) is 39.9 Å². The highest BCUT2D eigenvalue weighted by Gasteiger charge is 2.50. The number of fused-ring (bicyclic) bond motifs is 2. The summed E-state index contributed by atoms with van der Waals surface area (Å²) in [6.45, 7) is 0.0547. The molecule has 1 aromatic heterocycles. The third-order valence-corrected chi connectivity index (χ3v) is 18.8. The van der Waals surface area contributed by atoms with E-state index in [0.717, 1.165) is 79.2 Å². The number of amides is 7. The van der Waals surface area contributed by atoms with E-state index in [-0.39, 0.29) is 17.7 Å². The van der Waals surface area contributed by atoms with Crippen LogP contribution >= 0.6 is 22.5 Å². The summed E-state index contributed by atoms with van der Waals surface area (Å²) in [6, 6.07) is 4.31. The van der Waals surface area contributed by atoms with E-state index in [1.165, 1.54) is 30.4 Å². The van der Waals surface area contributed by atoms with E-state index in [2.05, 4.69) is 46.3 Å². The molecule has 3 fully saturated rings. The lowest BCUT2D eigenvalue weighted by molar-refractivity contribution is -0.147. The van der Waals surface area contributed by atoms with Crippen LogP contribution in [0.15, 0.2) is 66.7 Å². The number of hydrogen-bond acceptors (Lipinski definition) is 29. The number of ether oxygens (including phenoxy) is 2. The topological polar surface area (TPSA) is 555 Å². The molecule has 37 heteroatoms. The monoisotopic (exact) mass is 1460 g/mol. The number of nitrogens with zero attached hydrogens (tertiary/aromatic N) is 4. The number of unbranched alkanes of at least 4 members (excludes halogenated alkanes) is 4. The fourth-order valence-electron chi connectivity index (χ4n) is 11.7. The first-order chi connectivity index (χ1) is 47.9. The average Bonchev–Trinajstić information content (AvgIpc) is 1.69. The van der Waals surface area contributed by atoms with Gasteiger partial charge in [-0.15, -0.1) is 10.2 Å². The van der Waals surface area contributed by atoms with Crippen LogP contribution in [0.4, 0.5) is 0 Å². The highest BCUT2D eigenvalue weighted by atomic mass is 32.3. The van der Waals surface area contributed by atoms with Crippen LogP contribution in [0.25, 0.3) is 21.1 Å². The number of rotatable bonds is 29. The number of aliphatic hydroxyl groups excluding tert-OH is 11. The molecule has 17 atom stereocenters. The van der Waals surface area contributed by atoms with Crippen molar-refractivity contribution in [3.05, 3.63) is 77.9 Å². The van der Waals surface area contributed by atoms with E-state index >= 15 is 4.79 Å². The van der Waals surface area contributed by atoms with Crippen molar-refractivity contribution in [3.8, 4) is 38.4 Å². The lowest BCUT2D eigenvalue weighted by atomic mass is 9.98. The summed E-state index contributed by atoms with van der Waals surface area (Å²) in [6.07, 6.45) is -16.2. The second-order valence-electron chi connectivity index (χ2n) is 25.3. The van der Waals surface area contributed by atoms with E-state index in [9.17, 15) is 104 Å². The molecular formula is C64H92N10O25S2. The lowest BCUT2D eigenvalue weighted by Gasteiger charge is -2.34. The average molecular weight is 1470 g/mol. The van der Waals surface area contributed by atoms with Crippen LogP contribution < -0.4 is 40.8 Å². The number of benzene rings is 3. The number of carbonyl (C=O) groups is 7. The Bertz CT molecular complexity index is 3390. The Kier molecular flexibility index (Phi) is 30.2. The third kappa shape index (κ3) is 22.6. The SMILES string of the molecule is COCCCCCCCOc1ccc(-c2nnc(-c3ccc(C(=O)NC4C[C@@H](O)CNC(=O)[C@@H]5[C@@H](O)[C@@H](C)CN5C(=O)[C@H]([C@H](O)CCNCC(O)C(O)C(O)C(O)CO)NC(=O)[C@H]([C@H](O)Cc5ccc(O)c(OS(O)(O)O)c5)NC(=O)[C@@H]5C[C@@H](O)CN5C(=O)[C@H]([C@@H](C)O)NC4=O)cc3)s2)cc1. The van der Waals surface area contributed by atoms with Gasteiger partial charge < -0.3 is 117 Å². The zero-order chi connectivity index (χ0) is 74.0. The zero-order valence-electron chi connectivity index (χ0n) is 55.6. The quantitative estimate of drug-likeness (QED) is 0.0234. The molecule has 3 aromatic carbocycles. The van der Waals surface area contributed by atoms with E-state index in [1.807, 2.05) is 24.3 Å². The van der Waals surface area contributed by atoms with Gasteiger partial charge in [0.15, 0.2) is 11.5 Å². The smallest absolute Gasteiger partial charge is 0.266 e. The number of nitrogens with one attached hydrogen (secondary N) is 6. The normalized spacial score (nSPS) is 25.2. The van der Waals surface area contributed by atoms with Crippen LogP contribution in [0.2, 0.25) is 0 Å². The highest BCUT2D eigenvalue weighted by molar-refractivity contribution is 8.15. The van der Waals surface area contributed by atoms with Crippen molar-refractivity contribution in [2.45, 2.75) is 169 Å². The molecule has 560 valence electrons. The first-order valence-corrected chi connectivity index (χ1v) is 35.0. The van der Waals surface area contributed by atoms with E-state index < -0.39 is 226 Å². The van der Waals surface area contributed by atoms with Crippen LogP contribution in [0.3, 0.4) is 0 Å². The number of methoxy groups -OCH3 is 1. The Morgan fingerprint density at radius 3 is 1.94 bits per heavy atom. The summed E-state index contributed by atoms with van der Waals surface area (Å²) < 4.78 is 44.5. The van der Waals surface area contributed by atoms with E-state index in [4.69, 9.17) is 9.47 Å². The molecule has 4 heterocycles. The van der Waals surface area contributed by atoms with Crippen molar-refractivity contribution in [1.29, 1.82) is 0 Å². The van der Waals surface area contributed by atoms with Crippen LogP contribution in [0.1, 0.15) is 81.1 Å². The number of aromatic nitrogens is 2. The molecule has 5 unspecified atom stereocenters. The lowest BCUT2D eigenvalue weighted by Crippen LogP contribution is -2.64. The molecule has 0 saturated carbocycles. The van der Waals surface area contributed by atoms with E-state index in [1.54, 1.807) is 19.2 Å². The summed E-state index contributed by atoms with van der Waals surface area (Å²) in [4.78, 5) is 104. The third-order valence-electron chi connectivity index (χ3n) is 17.4. The highest BCUT2D eigenvalue weighted by Crippen LogP contribution is 2.41. The zero-order valence-corrected chi connectivity index (χ0v) is 57.2. The van der Waals surface area contributed by atoms with Crippen LogP contribution in [0.5, 0.6) is 17.2 Å². The van der Waals surface area contributed by atoms with E-state index in [0.29, 0.717) is 27.9 Å². The van der Waals surface area contributed by atoms with Crippen molar-refractivity contribution in [2.24, 2.45) is 5.92 Å². The summed E-state index contributed by atoms with van der Waals surface area (Å²) in [5.74, 6) is -10.3. The maximum Gasteiger partial charge on any atom is 0.266 e. The largest absolute Gasteiger partial charge is 0.504 e. The van der Waals surface area contributed by atoms with Crippen molar-refractivity contribution in [2.75, 3.05) is 59.7 Å². The maximum absolute atomic E-state index is 15.1. The van der Waals surface area contributed by atoms with Gasteiger partial charge >= 0.3 is 0 Å². The number of β-amino-alcohol motifs (C(OH)–C–C–N with tert-alkyl or cyclic N) is 1. The fraction of sp³-hybridized carbons (Fsp3) is 0.578. The van der Waals surface area contributed by atoms with Gasteiger partial charge in [-0.3, -0.25) is 47.2 Å². The Morgan fingerprint density at radius 2 is 1.31 bits per heavy atom. The van der Waals surface area contributed by atoms with Crippen LogP contribution in [0, 0.1) is 5.92 Å². The molecule has 21 N–H and O–H groups in total. The number of carbonyl (C=O) groups excluding carboxylic acids is 7. The number of phenols is 1. The van der Waals surface area contributed by atoms with Crippen molar-refractivity contribution in [1.82, 2.24) is 51.9 Å². The van der Waals surface area contributed by atoms with Gasteiger partial charge in [0, 0.05) is 81.8 Å². The first kappa shape index (κ1) is 80.9. The minimum Gasteiger partial charge on any atom is -0.504 e. The molecule has 101 heavy (non-hydrogen) atoms. The second-order valence-corrected chi connectivity index (χ2v) is 27.3. The predicted molar refractivity (Wildman–Crippen MR) is 359 cm³/mol. The number of aliphatic hydroxyl groups is 11. The van der Waals surface area contributed by atoms with Gasteiger partial charge in [-0.1, -0.05) is 55.7 Å². The van der Waals surface area contributed by atoms with Crippen molar-refractivity contribution >= 4 is 63.8 Å². The van der Waals surface area contributed by atoms with Crippen molar-refractivity contribution in [3.63, 3.8) is 0 Å². The summed E-state index contributed by atoms with van der Waals surface area (Å²) in [5.41, 5.74) is 1.20. The molecule has 35 nitrogen and oxygen atoms in total. The molecular weight excluding hydrogens is 1370 g/mol. The second kappa shape index (κ2) is 37.7. The van der Waals surface area contributed by atoms with Gasteiger partial charge in [0.1, 0.15) is 70.3 Å². The van der Waals surface area contributed by atoms with Crippen molar-refractivity contribution < 1.29 is 122 Å². The predicted octanol–water partition coefficient (Wildman–Crippen LogP) is -3.57. The van der Waals surface area contributed by atoms with Gasteiger partial charge in [-0.05, 0) is 86.8 Å². The molecule has 7 rings (SSSR count). The molecule has 0 aliphatic carbocycles. The standard InChI is InChI=1S/C64H92N10O25S2/c1-32-29-74-52(53(32)84)60(91)66-27-38(77)25-41(67-56(87)35-10-12-36(13-11-35)61-71-72-62(100-61)37-14-16-40(17-15-37)98-22-8-6-4-5-7-21-97-3)57(88)68-49(33(2)76)63(92)73-30-39(78)26-42(73)58(89)69-50(45(81)23-34-9-18-43(79)48(24-34)99-101(94,95)96)59(90)70-51(64(74)93)44(80)19-20-65-28-46(82)54(85)55(86)47(83)31-75/h9-18,24,32-33,38-39,41-42,44-47,49-55,65,75-86,94-96H,4-8,19-23,25-31H2,1-3H3,(H,66,91)(H,67,87)(H,68,88)(H,69,89)(H,70,90)/t32-,33+,38+,39+,41?,42-,44+,45+,46?,47?,49-,50-,51-,52-,53-,54?,55?/m0/s1.